The van der Waals surface area contributed by atoms with Crippen molar-refractivity contribution in [3.05, 3.63) is 29.3 Å². The van der Waals surface area contributed by atoms with Gasteiger partial charge in [0, 0.05) is 37.2 Å². The number of hydrogen-bond acceptors (Lipinski definition) is 3. The van der Waals surface area contributed by atoms with Gasteiger partial charge in [0.15, 0.2) is 0 Å². The van der Waals surface area contributed by atoms with E-state index in [1.54, 1.807) is 16.7 Å². The van der Waals surface area contributed by atoms with Gasteiger partial charge < -0.3 is 10.2 Å². The van der Waals surface area contributed by atoms with Gasteiger partial charge in [0.1, 0.15) is 0 Å². The zero-order valence-corrected chi connectivity index (χ0v) is 13.1. The monoisotopic (exact) mass is 280 g/mol. The van der Waals surface area contributed by atoms with Crippen LogP contribution in [-0.4, -0.2) is 43.7 Å². The fraction of sp³-hybridized carbons (Fsp3) is 0.533. The second-order valence-corrected chi connectivity index (χ2v) is 5.93. The maximum atomic E-state index is 11.8. The van der Waals surface area contributed by atoms with Crippen molar-refractivity contribution in [2.75, 3.05) is 32.9 Å². The van der Waals surface area contributed by atoms with E-state index in [2.05, 4.69) is 37.4 Å². The van der Waals surface area contributed by atoms with E-state index in [4.69, 9.17) is 0 Å². The Balaban J connectivity index is 2.33. The Labute approximate surface area is 120 Å². The van der Waals surface area contributed by atoms with E-state index in [0.717, 1.165) is 18.8 Å². The zero-order chi connectivity index (χ0) is 14.3. The molecule has 0 heterocycles. The van der Waals surface area contributed by atoms with Gasteiger partial charge in [0.25, 0.3) is 0 Å². The van der Waals surface area contributed by atoms with Gasteiger partial charge in [-0.2, -0.15) is 0 Å². The third kappa shape index (κ3) is 5.66. The molecular formula is C15H24N2OS. The topological polar surface area (TPSA) is 32.3 Å². The van der Waals surface area contributed by atoms with Gasteiger partial charge in [-0.05, 0) is 44.2 Å². The Hall–Kier alpha value is -1.00. The summed E-state index contributed by atoms with van der Waals surface area (Å²) in [6, 6.07) is 6.45. The van der Waals surface area contributed by atoms with E-state index in [1.807, 2.05) is 14.1 Å². The van der Waals surface area contributed by atoms with E-state index < -0.39 is 0 Å². The molecule has 1 N–H and O–H groups in total. The molecule has 1 rings (SSSR count). The fourth-order valence-corrected chi connectivity index (χ4v) is 2.59. The van der Waals surface area contributed by atoms with Gasteiger partial charge in [-0.25, -0.2) is 0 Å². The third-order valence-corrected chi connectivity index (χ3v) is 4.18. The Bertz CT molecular complexity index is 421. The van der Waals surface area contributed by atoms with Gasteiger partial charge in [-0.15, -0.1) is 11.8 Å². The average Bonchev–Trinajstić information content (AvgIpc) is 2.39. The predicted octanol–water partition coefficient (Wildman–Crippen LogP) is 2.46. The van der Waals surface area contributed by atoms with E-state index in [9.17, 15) is 4.79 Å². The minimum atomic E-state index is 0.214. The number of rotatable bonds is 7. The van der Waals surface area contributed by atoms with Crippen molar-refractivity contribution < 1.29 is 4.79 Å². The maximum Gasteiger partial charge on any atom is 0.223 e. The fourth-order valence-electron chi connectivity index (χ4n) is 1.65. The number of carbonyl (C=O) groups is 1. The average molecular weight is 280 g/mol. The Morgan fingerprint density at radius 2 is 2.05 bits per heavy atom. The van der Waals surface area contributed by atoms with Crippen LogP contribution in [0.1, 0.15) is 17.5 Å². The molecule has 1 aromatic rings. The SMILES string of the molecule is CNCCN(C)C(=O)CCSc1ccc(C)c(C)c1. The lowest BCUT2D eigenvalue weighted by atomic mass is 10.1. The summed E-state index contributed by atoms with van der Waals surface area (Å²) in [6.45, 7) is 5.84. The third-order valence-electron chi connectivity index (χ3n) is 3.19. The van der Waals surface area contributed by atoms with Crippen LogP contribution in [0.2, 0.25) is 0 Å². The van der Waals surface area contributed by atoms with Crippen molar-refractivity contribution in [3.8, 4) is 0 Å². The van der Waals surface area contributed by atoms with Crippen molar-refractivity contribution in [1.29, 1.82) is 0 Å². The number of nitrogens with one attached hydrogen (secondary N) is 1. The Morgan fingerprint density at radius 3 is 2.68 bits per heavy atom. The van der Waals surface area contributed by atoms with Crippen LogP contribution in [0.25, 0.3) is 0 Å². The number of benzene rings is 1. The highest BCUT2D eigenvalue weighted by Gasteiger charge is 2.08. The van der Waals surface area contributed by atoms with Gasteiger partial charge in [0.05, 0.1) is 0 Å². The van der Waals surface area contributed by atoms with Crippen molar-refractivity contribution in [2.45, 2.75) is 25.2 Å². The Morgan fingerprint density at radius 1 is 1.32 bits per heavy atom. The van der Waals surface area contributed by atoms with Crippen molar-refractivity contribution in [1.82, 2.24) is 10.2 Å². The van der Waals surface area contributed by atoms with Crippen LogP contribution in [0.4, 0.5) is 0 Å². The highest BCUT2D eigenvalue weighted by atomic mass is 32.2. The molecule has 4 heteroatoms. The number of hydrogen-bond donors (Lipinski definition) is 1. The molecule has 19 heavy (non-hydrogen) atoms. The summed E-state index contributed by atoms with van der Waals surface area (Å²) in [4.78, 5) is 14.9. The van der Waals surface area contributed by atoms with Crippen molar-refractivity contribution in [3.63, 3.8) is 0 Å². The van der Waals surface area contributed by atoms with E-state index in [-0.39, 0.29) is 5.91 Å². The van der Waals surface area contributed by atoms with Gasteiger partial charge >= 0.3 is 0 Å². The van der Waals surface area contributed by atoms with Crippen LogP contribution in [-0.2, 0) is 4.79 Å². The first-order valence-corrected chi connectivity index (χ1v) is 7.61. The number of amides is 1. The van der Waals surface area contributed by atoms with Crippen LogP contribution < -0.4 is 5.32 Å². The second kappa shape index (κ2) is 8.23. The zero-order valence-electron chi connectivity index (χ0n) is 12.3. The number of likely N-dealkylation sites (N-methyl/N-ethyl adjacent to an activating group) is 2. The minimum Gasteiger partial charge on any atom is -0.344 e. The summed E-state index contributed by atoms with van der Waals surface area (Å²) in [5.41, 5.74) is 2.62. The summed E-state index contributed by atoms with van der Waals surface area (Å²) in [7, 11) is 3.76. The first-order chi connectivity index (χ1) is 9.04. The molecule has 0 atom stereocenters. The minimum absolute atomic E-state index is 0.214. The standard InChI is InChI=1S/C15H24N2OS/c1-12-5-6-14(11-13(12)2)19-10-7-15(18)17(4)9-8-16-3/h5-6,11,16H,7-10H2,1-4H3. The predicted molar refractivity (Wildman–Crippen MR) is 82.8 cm³/mol. The second-order valence-electron chi connectivity index (χ2n) is 4.76. The molecule has 0 radical (unpaired) electrons. The smallest absolute Gasteiger partial charge is 0.223 e. The molecule has 0 fully saturated rings. The summed E-state index contributed by atoms with van der Waals surface area (Å²) >= 11 is 1.75. The van der Waals surface area contributed by atoms with Crippen LogP contribution in [0.15, 0.2) is 23.1 Å². The van der Waals surface area contributed by atoms with Crippen LogP contribution >= 0.6 is 11.8 Å². The summed E-state index contributed by atoms with van der Waals surface area (Å²) in [6.07, 6.45) is 0.595. The molecule has 0 aliphatic carbocycles. The number of aryl methyl sites for hydroxylation is 2. The number of thioether (sulfide) groups is 1. The Kier molecular flexibility index (Phi) is 6.95. The van der Waals surface area contributed by atoms with E-state index in [0.29, 0.717) is 6.42 Å². The van der Waals surface area contributed by atoms with Crippen LogP contribution in [0, 0.1) is 13.8 Å². The van der Waals surface area contributed by atoms with Crippen molar-refractivity contribution in [2.24, 2.45) is 0 Å². The molecule has 1 aromatic carbocycles. The normalized spacial score (nSPS) is 10.5. The molecule has 0 unspecified atom stereocenters. The quantitative estimate of drug-likeness (QED) is 0.779. The summed E-state index contributed by atoms with van der Waals surface area (Å²) in [5, 5.41) is 3.05. The van der Waals surface area contributed by atoms with Gasteiger partial charge in [0.2, 0.25) is 5.91 Å². The highest BCUT2D eigenvalue weighted by Crippen LogP contribution is 2.21. The van der Waals surface area contributed by atoms with Crippen LogP contribution in [0.5, 0.6) is 0 Å². The summed E-state index contributed by atoms with van der Waals surface area (Å²) < 4.78 is 0. The van der Waals surface area contributed by atoms with Crippen molar-refractivity contribution >= 4 is 17.7 Å². The summed E-state index contributed by atoms with van der Waals surface area (Å²) in [5.74, 6) is 1.05. The first-order valence-electron chi connectivity index (χ1n) is 6.63. The van der Waals surface area contributed by atoms with Gasteiger partial charge in [-0.3, -0.25) is 4.79 Å². The molecular weight excluding hydrogens is 256 g/mol. The lowest BCUT2D eigenvalue weighted by Crippen LogP contribution is -2.32. The number of nitrogens with zero attached hydrogens (tertiary/aromatic N) is 1. The molecule has 0 aliphatic heterocycles. The molecule has 0 saturated heterocycles. The number of carbonyl (C=O) groups excluding carboxylic acids is 1. The highest BCUT2D eigenvalue weighted by molar-refractivity contribution is 7.99. The molecule has 3 nitrogen and oxygen atoms in total. The molecule has 0 spiro atoms. The van der Waals surface area contributed by atoms with E-state index >= 15 is 0 Å². The van der Waals surface area contributed by atoms with Crippen LogP contribution in [0.3, 0.4) is 0 Å². The first kappa shape index (κ1) is 16.1. The maximum absolute atomic E-state index is 11.8. The molecule has 0 bridgehead atoms. The molecule has 0 aromatic heterocycles. The van der Waals surface area contributed by atoms with E-state index in [1.165, 1.54) is 16.0 Å². The largest absolute Gasteiger partial charge is 0.344 e. The molecule has 106 valence electrons. The molecule has 1 amide bonds. The molecule has 0 saturated carbocycles. The molecule has 0 aliphatic rings. The lowest BCUT2D eigenvalue weighted by molar-refractivity contribution is -0.129. The van der Waals surface area contributed by atoms with Gasteiger partial charge in [-0.1, -0.05) is 6.07 Å². The lowest BCUT2D eigenvalue weighted by Gasteiger charge is -2.16.